The first kappa shape index (κ1) is 27.0. The molecule has 0 radical (unpaired) electrons. The molecule has 4 nitrogen and oxygen atoms in total. The second-order valence-electron chi connectivity index (χ2n) is 9.68. The smallest absolute Gasteiger partial charge is 0.298 e. The van der Waals surface area contributed by atoms with Crippen LogP contribution in [0.2, 0.25) is 0 Å². The summed E-state index contributed by atoms with van der Waals surface area (Å²) in [6.45, 7) is 6.24. The third-order valence-electron chi connectivity index (χ3n) is 8.63. The molecule has 0 heterocycles. The fourth-order valence-corrected chi connectivity index (χ4v) is 8.82. The van der Waals surface area contributed by atoms with Gasteiger partial charge in [-0.2, -0.15) is 8.42 Å². The summed E-state index contributed by atoms with van der Waals surface area (Å²) in [5.74, 6) is 2.84. The Kier molecular flexibility index (Phi) is 9.84. The molecule has 4 aliphatic carbocycles. The number of alkyl halides is 2. The van der Waals surface area contributed by atoms with Gasteiger partial charge in [0.25, 0.3) is 0 Å². The zero-order valence-corrected chi connectivity index (χ0v) is 21.0. The van der Waals surface area contributed by atoms with E-state index < -0.39 is 15.3 Å². The molecular formula is C23H40F2O4S2. The molecule has 0 bridgehead atoms. The Morgan fingerprint density at radius 2 is 1.65 bits per heavy atom. The Hall–Kier alpha value is -0.210. The average Bonchev–Trinajstić information content (AvgIpc) is 3.11. The molecular weight excluding hydrogens is 442 g/mol. The molecule has 4 rings (SSSR count). The van der Waals surface area contributed by atoms with Crippen LogP contribution in [0, 0.1) is 40.9 Å². The number of Topliss-reactive ketones (excluding diaryl/α,β-unsaturated/α-hetero) is 1. The van der Waals surface area contributed by atoms with Gasteiger partial charge >= 0.3 is 9.15 Å². The molecule has 8 heteroatoms. The second kappa shape index (κ2) is 11.3. The first-order chi connectivity index (χ1) is 14.7. The molecule has 4 saturated carbocycles. The van der Waals surface area contributed by atoms with E-state index in [-0.39, 0.29) is 22.9 Å². The third kappa shape index (κ3) is 5.84. The zero-order chi connectivity index (χ0) is 23.4. The van der Waals surface area contributed by atoms with Crippen LogP contribution in [0.15, 0.2) is 0 Å². The van der Waals surface area contributed by atoms with Crippen LogP contribution in [0.1, 0.15) is 78.6 Å². The first-order valence-electron chi connectivity index (χ1n) is 11.9. The molecule has 4 aliphatic rings. The summed E-state index contributed by atoms with van der Waals surface area (Å²) in [7, 11) is -3.32. The summed E-state index contributed by atoms with van der Waals surface area (Å²) in [6.07, 6.45) is 8.25. The maximum absolute atomic E-state index is 13.9. The van der Waals surface area contributed by atoms with Gasteiger partial charge in [-0.15, -0.1) is 0 Å². The highest BCUT2D eigenvalue weighted by Crippen LogP contribution is 2.64. The summed E-state index contributed by atoms with van der Waals surface area (Å²) < 4.78 is 54.3. The maximum atomic E-state index is 13.9. The number of ketones is 1. The highest BCUT2D eigenvalue weighted by molar-refractivity contribution is 8.70. The molecule has 182 valence electrons. The van der Waals surface area contributed by atoms with Crippen molar-refractivity contribution >= 4 is 25.7 Å². The van der Waals surface area contributed by atoms with E-state index in [1.165, 1.54) is 6.42 Å². The van der Waals surface area contributed by atoms with Gasteiger partial charge in [0.05, 0.1) is 12.9 Å². The number of rotatable bonds is 4. The zero-order valence-electron chi connectivity index (χ0n) is 19.4. The largest absolute Gasteiger partial charge is 0.320 e. The molecule has 7 unspecified atom stereocenters. The van der Waals surface area contributed by atoms with Crippen molar-refractivity contribution in [2.45, 2.75) is 84.7 Å². The van der Waals surface area contributed by atoms with Crippen molar-refractivity contribution in [3.63, 3.8) is 0 Å². The van der Waals surface area contributed by atoms with Gasteiger partial charge in [-0.3, -0.25) is 13.7 Å². The van der Waals surface area contributed by atoms with Crippen LogP contribution in [-0.4, -0.2) is 37.9 Å². The van der Waals surface area contributed by atoms with Crippen molar-refractivity contribution in [1.29, 1.82) is 0 Å². The van der Waals surface area contributed by atoms with Crippen LogP contribution < -0.4 is 0 Å². The second-order valence-corrected chi connectivity index (χ2v) is 13.0. The van der Waals surface area contributed by atoms with E-state index in [2.05, 4.69) is 6.92 Å². The number of carbonyl (C=O) groups is 1. The molecule has 0 aromatic carbocycles. The minimum absolute atomic E-state index is 0.0206. The van der Waals surface area contributed by atoms with E-state index in [0.717, 1.165) is 51.4 Å². The number of fused-ring (bicyclic) bond motifs is 5. The third-order valence-corrected chi connectivity index (χ3v) is 10.6. The SMILES string of the molecule is CC.CC12CCC3C4CC[C@H](F)CC4CCC3C1CCC2C(=O)CSS(=O)(=O)O.CF. The highest BCUT2D eigenvalue weighted by Gasteiger charge is 2.58. The molecule has 0 amide bonds. The average molecular weight is 483 g/mol. The minimum atomic E-state index is -4.17. The Bertz CT molecular complexity index is 702. The van der Waals surface area contributed by atoms with Crippen LogP contribution >= 0.6 is 10.8 Å². The monoisotopic (exact) mass is 482 g/mol. The van der Waals surface area contributed by atoms with Crippen molar-refractivity contribution in [2.24, 2.45) is 40.9 Å². The minimum Gasteiger partial charge on any atom is -0.298 e. The Morgan fingerprint density at radius 3 is 2.29 bits per heavy atom. The summed E-state index contributed by atoms with van der Waals surface area (Å²) >= 11 is 0. The fourth-order valence-electron chi connectivity index (χ4n) is 7.56. The molecule has 0 spiro atoms. The van der Waals surface area contributed by atoms with Gasteiger partial charge in [-0.05, 0) is 92.8 Å². The lowest BCUT2D eigenvalue weighted by atomic mass is 9.49. The van der Waals surface area contributed by atoms with Crippen molar-refractivity contribution in [2.75, 3.05) is 12.9 Å². The van der Waals surface area contributed by atoms with Crippen LogP contribution in [0.5, 0.6) is 0 Å². The summed E-state index contributed by atoms with van der Waals surface area (Å²) in [5.41, 5.74) is -0.0395. The Labute approximate surface area is 190 Å². The van der Waals surface area contributed by atoms with Crippen LogP contribution in [0.3, 0.4) is 0 Å². The molecule has 8 atom stereocenters. The van der Waals surface area contributed by atoms with Gasteiger partial charge in [0.15, 0.2) is 0 Å². The van der Waals surface area contributed by atoms with Gasteiger partial charge in [0.2, 0.25) is 0 Å². The highest BCUT2D eigenvalue weighted by atomic mass is 33.1. The molecule has 0 aromatic heterocycles. The van der Waals surface area contributed by atoms with E-state index in [9.17, 15) is 22.0 Å². The van der Waals surface area contributed by atoms with Crippen LogP contribution in [0.4, 0.5) is 8.78 Å². The van der Waals surface area contributed by atoms with Crippen LogP contribution in [0.25, 0.3) is 0 Å². The van der Waals surface area contributed by atoms with Gasteiger partial charge in [0.1, 0.15) is 12.0 Å². The van der Waals surface area contributed by atoms with Crippen molar-refractivity contribution in [3.8, 4) is 0 Å². The fraction of sp³-hybridized carbons (Fsp3) is 0.957. The normalized spacial score (nSPS) is 41.3. The van der Waals surface area contributed by atoms with Crippen molar-refractivity contribution in [3.05, 3.63) is 0 Å². The van der Waals surface area contributed by atoms with E-state index in [0.29, 0.717) is 47.6 Å². The van der Waals surface area contributed by atoms with Crippen LogP contribution in [-0.2, 0) is 13.9 Å². The van der Waals surface area contributed by atoms with Gasteiger partial charge in [-0.25, -0.2) is 4.39 Å². The van der Waals surface area contributed by atoms with E-state index in [1.807, 2.05) is 13.8 Å². The Morgan fingerprint density at radius 1 is 1.00 bits per heavy atom. The number of halogens is 2. The van der Waals surface area contributed by atoms with Crippen molar-refractivity contribution in [1.82, 2.24) is 0 Å². The summed E-state index contributed by atoms with van der Waals surface area (Å²) in [6, 6.07) is 0. The standard InChI is InChI=1S/C20H31FO4S2.C2H6.CH3F/c1-20-9-8-15-14-5-3-13(21)10-12(14)2-4-16(15)17(20)6-7-18(20)19(22)11-26-27(23,24)25;2*1-2/h12-18H,2-11H2,1H3,(H,23,24,25);1-2H3;1H3/t12?,13-,14?,15?,16?,17?,18?,20?;;/m0../s1. The molecule has 0 aliphatic heterocycles. The molecule has 0 saturated heterocycles. The van der Waals surface area contributed by atoms with Gasteiger partial charge in [-0.1, -0.05) is 20.8 Å². The van der Waals surface area contributed by atoms with E-state index in [1.54, 1.807) is 0 Å². The predicted octanol–water partition coefficient (Wildman–Crippen LogP) is 6.31. The van der Waals surface area contributed by atoms with Crippen molar-refractivity contribution < 1.29 is 26.5 Å². The molecule has 31 heavy (non-hydrogen) atoms. The lowest BCUT2D eigenvalue weighted by Gasteiger charge is -2.55. The summed E-state index contributed by atoms with van der Waals surface area (Å²) in [4.78, 5) is 12.7. The van der Waals surface area contributed by atoms with Gasteiger partial charge in [0, 0.05) is 16.7 Å². The number of hydrogen-bond acceptors (Lipinski definition) is 4. The Balaban J connectivity index is 0.000000807. The first-order valence-corrected chi connectivity index (χ1v) is 14.8. The molecule has 1 N–H and O–H groups in total. The topological polar surface area (TPSA) is 71.4 Å². The quantitative estimate of drug-likeness (QED) is 0.375. The lowest BCUT2D eigenvalue weighted by Crippen LogP contribution is -2.49. The maximum Gasteiger partial charge on any atom is 0.320 e. The molecule has 4 fully saturated rings. The summed E-state index contributed by atoms with van der Waals surface area (Å²) in [5, 5.41) is 0. The lowest BCUT2D eigenvalue weighted by molar-refractivity contribution is -0.128. The number of hydrogen-bond donors (Lipinski definition) is 1. The van der Waals surface area contributed by atoms with E-state index >= 15 is 0 Å². The van der Waals surface area contributed by atoms with E-state index in [4.69, 9.17) is 4.55 Å². The molecule has 0 aromatic rings. The number of carbonyl (C=O) groups excluding carboxylic acids is 1. The predicted molar refractivity (Wildman–Crippen MR) is 123 cm³/mol. The van der Waals surface area contributed by atoms with Gasteiger partial charge < -0.3 is 0 Å².